The molecule has 2 rings (SSSR count). The summed E-state index contributed by atoms with van der Waals surface area (Å²) in [5.41, 5.74) is 7.60. The lowest BCUT2D eigenvalue weighted by Gasteiger charge is -2.35. The molecule has 1 aliphatic heterocycles. The van der Waals surface area contributed by atoms with E-state index in [-0.39, 0.29) is 0 Å². The van der Waals surface area contributed by atoms with Crippen molar-refractivity contribution in [2.24, 2.45) is 5.92 Å². The fraction of sp³-hybridized carbons (Fsp3) is 0.667. The zero-order chi connectivity index (χ0) is 14.0. The summed E-state index contributed by atoms with van der Waals surface area (Å²) in [5.74, 6) is 1.75. The van der Waals surface area contributed by atoms with Gasteiger partial charge in [0.2, 0.25) is 0 Å². The number of anilines is 2. The number of nitriles is 1. The Bertz CT molecular complexity index is 483. The van der Waals surface area contributed by atoms with Gasteiger partial charge in [0.25, 0.3) is 0 Å². The maximum absolute atomic E-state index is 9.31. The van der Waals surface area contributed by atoms with Gasteiger partial charge in [-0.15, -0.1) is 0 Å². The van der Waals surface area contributed by atoms with Gasteiger partial charge in [-0.05, 0) is 38.2 Å². The molecule has 4 nitrogen and oxygen atoms in total. The van der Waals surface area contributed by atoms with Crippen molar-refractivity contribution < 1.29 is 0 Å². The van der Waals surface area contributed by atoms with Gasteiger partial charge in [0.1, 0.15) is 17.6 Å². The van der Waals surface area contributed by atoms with Crippen LogP contribution in [0.2, 0.25) is 0 Å². The lowest BCUT2D eigenvalue weighted by molar-refractivity contribution is 0.432. The van der Waals surface area contributed by atoms with E-state index in [4.69, 9.17) is 5.73 Å². The van der Waals surface area contributed by atoms with Crippen molar-refractivity contribution in [1.29, 1.82) is 5.26 Å². The predicted octanol–water partition coefficient (Wildman–Crippen LogP) is 3.15. The van der Waals surface area contributed by atoms with Crippen molar-refractivity contribution in [3.63, 3.8) is 0 Å². The highest BCUT2D eigenvalue weighted by molar-refractivity contribution is 5.68. The van der Waals surface area contributed by atoms with Crippen molar-refractivity contribution in [2.75, 3.05) is 23.7 Å². The molecule has 0 bridgehead atoms. The number of hydrogen-bond donors (Lipinski definition) is 1. The van der Waals surface area contributed by atoms with Gasteiger partial charge >= 0.3 is 0 Å². The minimum absolute atomic E-state index is 0.305. The highest BCUT2D eigenvalue weighted by atomic mass is 15.3. The number of nitrogens with two attached hydrogens (primary N) is 1. The van der Waals surface area contributed by atoms with E-state index in [1.165, 1.54) is 12.8 Å². The van der Waals surface area contributed by atoms with Crippen LogP contribution in [0.5, 0.6) is 0 Å². The van der Waals surface area contributed by atoms with Crippen LogP contribution in [0.25, 0.3) is 0 Å². The Labute approximate surface area is 115 Å². The molecule has 0 unspecified atom stereocenters. The summed E-state index contributed by atoms with van der Waals surface area (Å²) in [6.45, 7) is 8.65. The Morgan fingerprint density at radius 1 is 1.58 bits per heavy atom. The van der Waals surface area contributed by atoms with E-state index in [9.17, 15) is 5.26 Å². The largest absolute Gasteiger partial charge is 0.396 e. The minimum Gasteiger partial charge on any atom is -0.396 e. The lowest BCUT2D eigenvalue weighted by atomic mass is 10.0. The summed E-state index contributed by atoms with van der Waals surface area (Å²) in [6, 6.07) is 4.40. The number of nitrogen functional groups attached to an aromatic ring is 1. The van der Waals surface area contributed by atoms with Gasteiger partial charge in [0.15, 0.2) is 0 Å². The Hall–Kier alpha value is -1.63. The molecule has 1 aromatic heterocycles. The van der Waals surface area contributed by atoms with Crippen molar-refractivity contribution in [3.05, 3.63) is 11.8 Å². The van der Waals surface area contributed by atoms with Crippen LogP contribution in [-0.2, 0) is 0 Å². The molecule has 1 fully saturated rings. The predicted molar refractivity (Wildman–Crippen MR) is 79.2 cm³/mol. The Kier molecular flexibility index (Phi) is 4.04. The van der Waals surface area contributed by atoms with Crippen LogP contribution in [0.1, 0.15) is 51.8 Å². The molecule has 4 heteroatoms. The fourth-order valence-electron chi connectivity index (χ4n) is 2.97. The Morgan fingerprint density at radius 3 is 2.89 bits per heavy atom. The van der Waals surface area contributed by atoms with Crippen LogP contribution in [-0.4, -0.2) is 17.7 Å². The summed E-state index contributed by atoms with van der Waals surface area (Å²) in [6.07, 6.45) is 3.49. The second kappa shape index (κ2) is 5.56. The molecule has 0 amide bonds. The molecule has 0 spiro atoms. The molecule has 2 heterocycles. The van der Waals surface area contributed by atoms with Gasteiger partial charge in [0.05, 0.1) is 5.69 Å². The highest BCUT2D eigenvalue weighted by Crippen LogP contribution is 2.34. The van der Waals surface area contributed by atoms with Gasteiger partial charge in [-0.1, -0.05) is 13.8 Å². The zero-order valence-corrected chi connectivity index (χ0v) is 12.2. The topological polar surface area (TPSA) is 58.0 Å². The van der Waals surface area contributed by atoms with Gasteiger partial charge in [-0.25, -0.2) is 0 Å². The first-order valence-electron chi connectivity index (χ1n) is 7.24. The average Bonchev–Trinajstić information content (AvgIpc) is 2.74. The molecule has 2 N–H and O–H groups in total. The van der Waals surface area contributed by atoms with E-state index in [2.05, 4.69) is 36.3 Å². The first-order valence-corrected chi connectivity index (χ1v) is 7.24. The SMILES string of the molecule is CC[C@@H](C)n1c(C#N)cc(N)c1N1CCC[C@H](C)C1. The smallest absolute Gasteiger partial charge is 0.133 e. The van der Waals surface area contributed by atoms with E-state index >= 15 is 0 Å². The van der Waals surface area contributed by atoms with Gasteiger partial charge in [-0.2, -0.15) is 5.26 Å². The summed E-state index contributed by atoms with van der Waals surface area (Å²) < 4.78 is 2.12. The summed E-state index contributed by atoms with van der Waals surface area (Å²) in [7, 11) is 0. The Balaban J connectivity index is 2.43. The van der Waals surface area contributed by atoms with Crippen molar-refractivity contribution in [3.8, 4) is 6.07 Å². The second-order valence-electron chi connectivity index (χ2n) is 5.74. The normalized spacial score (nSPS) is 21.2. The van der Waals surface area contributed by atoms with E-state index in [0.29, 0.717) is 17.7 Å². The highest BCUT2D eigenvalue weighted by Gasteiger charge is 2.25. The molecular weight excluding hydrogens is 236 g/mol. The quantitative estimate of drug-likeness (QED) is 0.908. The maximum Gasteiger partial charge on any atom is 0.133 e. The van der Waals surface area contributed by atoms with Crippen LogP contribution < -0.4 is 10.6 Å². The molecule has 0 radical (unpaired) electrons. The molecule has 104 valence electrons. The first kappa shape index (κ1) is 13.8. The van der Waals surface area contributed by atoms with Crippen LogP contribution in [0.4, 0.5) is 11.5 Å². The van der Waals surface area contributed by atoms with Crippen LogP contribution >= 0.6 is 0 Å². The summed E-state index contributed by atoms with van der Waals surface area (Å²) in [4.78, 5) is 2.36. The number of rotatable bonds is 3. The van der Waals surface area contributed by atoms with Gasteiger partial charge in [0, 0.05) is 19.1 Å². The van der Waals surface area contributed by atoms with E-state index in [0.717, 1.165) is 31.0 Å². The minimum atomic E-state index is 0.305. The van der Waals surface area contributed by atoms with Crippen molar-refractivity contribution >= 4 is 11.5 Å². The number of nitrogens with zero attached hydrogens (tertiary/aromatic N) is 3. The Morgan fingerprint density at radius 2 is 2.32 bits per heavy atom. The van der Waals surface area contributed by atoms with Gasteiger partial charge < -0.3 is 15.2 Å². The van der Waals surface area contributed by atoms with Crippen molar-refractivity contribution in [2.45, 2.75) is 46.1 Å². The third-order valence-electron chi connectivity index (χ3n) is 4.14. The summed E-state index contributed by atoms with van der Waals surface area (Å²) >= 11 is 0. The van der Waals surface area contributed by atoms with Crippen molar-refractivity contribution in [1.82, 2.24) is 4.57 Å². The number of hydrogen-bond acceptors (Lipinski definition) is 3. The maximum atomic E-state index is 9.31. The molecule has 0 aromatic carbocycles. The third kappa shape index (κ3) is 2.56. The number of aromatic nitrogens is 1. The van der Waals surface area contributed by atoms with E-state index < -0.39 is 0 Å². The fourth-order valence-corrected chi connectivity index (χ4v) is 2.97. The molecule has 1 saturated heterocycles. The van der Waals surface area contributed by atoms with Gasteiger partial charge in [-0.3, -0.25) is 0 Å². The zero-order valence-electron chi connectivity index (χ0n) is 12.2. The molecule has 0 aliphatic carbocycles. The van der Waals surface area contributed by atoms with Crippen LogP contribution in [0.15, 0.2) is 6.07 Å². The third-order valence-corrected chi connectivity index (χ3v) is 4.14. The molecule has 1 aliphatic rings. The lowest BCUT2D eigenvalue weighted by Crippen LogP contribution is -2.36. The average molecular weight is 260 g/mol. The molecule has 0 saturated carbocycles. The molecule has 2 atom stereocenters. The van der Waals surface area contributed by atoms with Crippen LogP contribution in [0.3, 0.4) is 0 Å². The molecule has 1 aromatic rings. The number of piperidine rings is 1. The molecular formula is C15H24N4. The monoisotopic (exact) mass is 260 g/mol. The van der Waals surface area contributed by atoms with E-state index in [1.54, 1.807) is 0 Å². The van der Waals surface area contributed by atoms with Crippen LogP contribution in [0, 0.1) is 17.2 Å². The summed E-state index contributed by atoms with van der Waals surface area (Å²) in [5, 5.41) is 9.31. The molecule has 19 heavy (non-hydrogen) atoms. The second-order valence-corrected chi connectivity index (χ2v) is 5.74. The first-order chi connectivity index (χ1) is 9.08. The standard InChI is InChI=1S/C15H24N4/c1-4-12(3)19-13(9-16)8-14(17)15(19)18-7-5-6-11(2)10-18/h8,11-12H,4-7,10,17H2,1-3H3/t11-,12+/m0/s1. The van der Waals surface area contributed by atoms with E-state index in [1.807, 2.05) is 6.07 Å².